The Kier molecular flexibility index (Phi) is 2.70. The van der Waals surface area contributed by atoms with Gasteiger partial charge in [-0.05, 0) is 50.9 Å². The normalized spacial score (nSPS) is 27.5. The number of hydrogen-bond acceptors (Lipinski definition) is 3. The lowest BCUT2D eigenvalue weighted by atomic mass is 9.88. The summed E-state index contributed by atoms with van der Waals surface area (Å²) < 4.78 is 24.6. The molecule has 2 atom stereocenters. The van der Waals surface area contributed by atoms with Gasteiger partial charge in [-0.25, -0.2) is 4.39 Å². The molecule has 1 saturated heterocycles. The van der Waals surface area contributed by atoms with Crippen molar-refractivity contribution in [2.45, 2.75) is 38.4 Å². The Bertz CT molecular complexity index is 467. The average Bonchev–Trinajstić information content (AvgIpc) is 2.96. The summed E-state index contributed by atoms with van der Waals surface area (Å²) in [7, 11) is 0. The minimum atomic E-state index is -0.997. The second-order valence-corrected chi connectivity index (χ2v) is 5.28. The van der Waals surface area contributed by atoms with Crippen LogP contribution < -0.4 is 14.8 Å². The molecule has 0 aromatic heterocycles. The van der Waals surface area contributed by atoms with Crippen LogP contribution in [0.4, 0.5) is 4.39 Å². The monoisotopic (exact) mass is 251 g/mol. The maximum Gasteiger partial charge on any atom is 0.231 e. The van der Waals surface area contributed by atoms with Gasteiger partial charge < -0.3 is 14.8 Å². The van der Waals surface area contributed by atoms with Crippen LogP contribution in [0.5, 0.6) is 11.5 Å². The summed E-state index contributed by atoms with van der Waals surface area (Å²) in [5.41, 5.74) is 1.54. The number of halogens is 1. The summed E-state index contributed by atoms with van der Waals surface area (Å²) in [6.45, 7) is 4.90. The molecular formula is C14H18FNO2. The van der Waals surface area contributed by atoms with Crippen LogP contribution in [0.1, 0.15) is 44.0 Å². The van der Waals surface area contributed by atoms with Crippen molar-refractivity contribution in [3.05, 3.63) is 23.3 Å². The molecule has 2 aliphatic rings. The highest BCUT2D eigenvalue weighted by Crippen LogP contribution is 2.45. The number of nitrogens with one attached hydrogen (secondary N) is 1. The maximum atomic E-state index is 13.6. The Labute approximate surface area is 106 Å². The van der Waals surface area contributed by atoms with Gasteiger partial charge >= 0.3 is 0 Å². The molecule has 0 saturated carbocycles. The SMILES string of the molecule is CC(F)c1cc2c(c(C3(C)CCCN3)c1)OCO2. The maximum absolute atomic E-state index is 13.6. The van der Waals surface area contributed by atoms with Crippen LogP contribution in [-0.2, 0) is 5.54 Å². The predicted octanol–water partition coefficient (Wildman–Crippen LogP) is 3.04. The lowest BCUT2D eigenvalue weighted by molar-refractivity contribution is 0.171. The van der Waals surface area contributed by atoms with E-state index in [0.717, 1.165) is 30.7 Å². The highest BCUT2D eigenvalue weighted by atomic mass is 19.1. The third kappa shape index (κ3) is 1.75. The van der Waals surface area contributed by atoms with Gasteiger partial charge in [0.2, 0.25) is 6.79 Å². The van der Waals surface area contributed by atoms with Crippen LogP contribution in [0.25, 0.3) is 0 Å². The molecule has 0 amide bonds. The Morgan fingerprint density at radius 1 is 1.39 bits per heavy atom. The number of ether oxygens (including phenoxy) is 2. The molecule has 1 aromatic rings. The summed E-state index contributed by atoms with van der Waals surface area (Å²) in [6.07, 6.45) is 1.16. The first-order valence-electron chi connectivity index (χ1n) is 6.43. The van der Waals surface area contributed by atoms with E-state index in [1.165, 1.54) is 0 Å². The van der Waals surface area contributed by atoms with Crippen molar-refractivity contribution in [2.75, 3.05) is 13.3 Å². The van der Waals surface area contributed by atoms with E-state index < -0.39 is 6.17 Å². The summed E-state index contributed by atoms with van der Waals surface area (Å²) in [6, 6.07) is 3.66. The largest absolute Gasteiger partial charge is 0.454 e. The molecule has 1 N–H and O–H groups in total. The molecule has 3 nitrogen and oxygen atoms in total. The van der Waals surface area contributed by atoms with E-state index in [1.807, 2.05) is 6.07 Å². The predicted molar refractivity (Wildman–Crippen MR) is 66.7 cm³/mol. The minimum Gasteiger partial charge on any atom is -0.454 e. The van der Waals surface area contributed by atoms with Gasteiger partial charge in [0.05, 0.1) is 0 Å². The van der Waals surface area contributed by atoms with E-state index in [1.54, 1.807) is 13.0 Å². The number of hydrogen-bond donors (Lipinski definition) is 1. The van der Waals surface area contributed by atoms with Crippen LogP contribution >= 0.6 is 0 Å². The second kappa shape index (κ2) is 4.12. The van der Waals surface area contributed by atoms with E-state index in [9.17, 15) is 4.39 Å². The molecule has 1 aromatic carbocycles. The van der Waals surface area contributed by atoms with Crippen molar-refractivity contribution < 1.29 is 13.9 Å². The van der Waals surface area contributed by atoms with E-state index in [-0.39, 0.29) is 12.3 Å². The van der Waals surface area contributed by atoms with E-state index in [0.29, 0.717) is 11.3 Å². The summed E-state index contributed by atoms with van der Waals surface area (Å²) >= 11 is 0. The van der Waals surface area contributed by atoms with Crippen molar-refractivity contribution in [2.24, 2.45) is 0 Å². The zero-order chi connectivity index (χ0) is 12.8. The fraction of sp³-hybridized carbons (Fsp3) is 0.571. The fourth-order valence-electron chi connectivity index (χ4n) is 2.80. The van der Waals surface area contributed by atoms with Gasteiger partial charge in [0.15, 0.2) is 11.5 Å². The van der Waals surface area contributed by atoms with Crippen LogP contribution in [0.3, 0.4) is 0 Å². The van der Waals surface area contributed by atoms with Gasteiger partial charge in [-0.2, -0.15) is 0 Å². The molecule has 0 aliphatic carbocycles. The van der Waals surface area contributed by atoms with E-state index >= 15 is 0 Å². The van der Waals surface area contributed by atoms with Gasteiger partial charge in [0, 0.05) is 11.1 Å². The molecule has 0 spiro atoms. The van der Waals surface area contributed by atoms with Crippen molar-refractivity contribution >= 4 is 0 Å². The molecule has 2 unspecified atom stereocenters. The van der Waals surface area contributed by atoms with Crippen LogP contribution in [0.2, 0.25) is 0 Å². The average molecular weight is 251 g/mol. The molecule has 1 fully saturated rings. The Morgan fingerprint density at radius 2 is 2.22 bits per heavy atom. The Balaban J connectivity index is 2.12. The van der Waals surface area contributed by atoms with Crippen LogP contribution in [0.15, 0.2) is 12.1 Å². The summed E-state index contributed by atoms with van der Waals surface area (Å²) in [5, 5.41) is 3.49. The number of benzene rings is 1. The number of alkyl halides is 1. The Hall–Kier alpha value is -1.29. The molecule has 2 heterocycles. The summed E-state index contributed by atoms with van der Waals surface area (Å²) in [5.74, 6) is 1.44. The van der Waals surface area contributed by atoms with E-state index in [2.05, 4.69) is 12.2 Å². The molecule has 0 bridgehead atoms. The number of rotatable bonds is 2. The zero-order valence-electron chi connectivity index (χ0n) is 10.8. The van der Waals surface area contributed by atoms with Crippen molar-refractivity contribution in [3.8, 4) is 11.5 Å². The fourth-order valence-corrected chi connectivity index (χ4v) is 2.80. The first-order valence-corrected chi connectivity index (χ1v) is 6.43. The molecule has 3 rings (SSSR count). The van der Waals surface area contributed by atoms with Crippen molar-refractivity contribution in [1.82, 2.24) is 5.32 Å². The smallest absolute Gasteiger partial charge is 0.231 e. The highest BCUT2D eigenvalue weighted by molar-refractivity contribution is 5.54. The third-order valence-corrected chi connectivity index (χ3v) is 3.92. The van der Waals surface area contributed by atoms with Gasteiger partial charge in [0.25, 0.3) is 0 Å². The molecule has 18 heavy (non-hydrogen) atoms. The third-order valence-electron chi connectivity index (χ3n) is 3.92. The number of fused-ring (bicyclic) bond motifs is 1. The lowest BCUT2D eigenvalue weighted by Gasteiger charge is -2.27. The molecule has 4 heteroatoms. The standard InChI is InChI=1S/C14H18FNO2/c1-9(15)10-6-11(14(2)4-3-5-16-14)13-12(7-10)17-8-18-13/h6-7,9,16H,3-5,8H2,1-2H3. The molecule has 2 aliphatic heterocycles. The first kappa shape index (κ1) is 11.8. The van der Waals surface area contributed by atoms with Crippen molar-refractivity contribution in [3.63, 3.8) is 0 Å². The van der Waals surface area contributed by atoms with Crippen LogP contribution in [-0.4, -0.2) is 13.3 Å². The Morgan fingerprint density at radius 3 is 2.89 bits per heavy atom. The quantitative estimate of drug-likeness (QED) is 0.876. The van der Waals surface area contributed by atoms with Gasteiger partial charge in [-0.3, -0.25) is 0 Å². The molecular weight excluding hydrogens is 233 g/mol. The topological polar surface area (TPSA) is 30.5 Å². The van der Waals surface area contributed by atoms with Gasteiger partial charge in [0.1, 0.15) is 6.17 Å². The first-order chi connectivity index (χ1) is 8.60. The van der Waals surface area contributed by atoms with Gasteiger partial charge in [-0.1, -0.05) is 0 Å². The van der Waals surface area contributed by atoms with Crippen molar-refractivity contribution in [1.29, 1.82) is 0 Å². The van der Waals surface area contributed by atoms with Gasteiger partial charge in [-0.15, -0.1) is 0 Å². The molecule has 98 valence electrons. The summed E-state index contributed by atoms with van der Waals surface area (Å²) in [4.78, 5) is 0. The minimum absolute atomic E-state index is 0.136. The zero-order valence-corrected chi connectivity index (χ0v) is 10.8. The van der Waals surface area contributed by atoms with E-state index in [4.69, 9.17) is 9.47 Å². The van der Waals surface area contributed by atoms with Crippen LogP contribution in [0, 0.1) is 0 Å². The molecule has 0 radical (unpaired) electrons. The highest BCUT2D eigenvalue weighted by Gasteiger charge is 2.36. The lowest BCUT2D eigenvalue weighted by Crippen LogP contribution is -2.33. The second-order valence-electron chi connectivity index (χ2n) is 5.28.